The molecule has 0 amide bonds. The molecule has 3 aromatic rings. The van der Waals surface area contributed by atoms with Crippen LogP contribution < -0.4 is 9.47 Å². The van der Waals surface area contributed by atoms with Crippen molar-refractivity contribution in [3.63, 3.8) is 0 Å². The summed E-state index contributed by atoms with van der Waals surface area (Å²) in [5.41, 5.74) is 0. The van der Waals surface area contributed by atoms with Gasteiger partial charge in [-0.15, -0.1) is 10.2 Å². The molecule has 0 aliphatic carbocycles. The third kappa shape index (κ3) is 6.12. The van der Waals surface area contributed by atoms with E-state index in [1.807, 2.05) is 23.6 Å². The van der Waals surface area contributed by atoms with Crippen LogP contribution in [0.15, 0.2) is 53.7 Å². The summed E-state index contributed by atoms with van der Waals surface area (Å²) in [4.78, 5) is 0. The van der Waals surface area contributed by atoms with Gasteiger partial charge in [-0.2, -0.15) is 0 Å². The summed E-state index contributed by atoms with van der Waals surface area (Å²) in [6.07, 6.45) is -0.437. The van der Waals surface area contributed by atoms with Gasteiger partial charge in [-0.3, -0.25) is 0 Å². The average molecular weight is 450 g/mol. The van der Waals surface area contributed by atoms with Crippen LogP contribution in [0.1, 0.15) is 32.7 Å². The van der Waals surface area contributed by atoms with Gasteiger partial charge in [0.05, 0.1) is 6.61 Å². The summed E-state index contributed by atoms with van der Waals surface area (Å²) in [5, 5.41) is 10.1. The van der Waals surface area contributed by atoms with Crippen LogP contribution in [0.5, 0.6) is 11.5 Å². The smallest absolute Gasteiger partial charge is 0.191 e. The van der Waals surface area contributed by atoms with E-state index in [4.69, 9.17) is 21.1 Å². The van der Waals surface area contributed by atoms with E-state index < -0.39 is 11.9 Å². The van der Waals surface area contributed by atoms with E-state index in [0.29, 0.717) is 29.1 Å². The molecular formula is C22H25ClFN3O2S. The largest absolute Gasteiger partial charge is 0.493 e. The van der Waals surface area contributed by atoms with Crippen LogP contribution in [0.25, 0.3) is 0 Å². The third-order valence-electron chi connectivity index (χ3n) is 4.19. The Kier molecular flexibility index (Phi) is 7.99. The zero-order chi connectivity index (χ0) is 21.5. The molecule has 2 aromatic carbocycles. The Hall–Kier alpha value is -2.25. The maximum absolute atomic E-state index is 14.0. The van der Waals surface area contributed by atoms with Crippen LogP contribution in [-0.2, 0) is 6.54 Å². The van der Waals surface area contributed by atoms with Gasteiger partial charge < -0.3 is 14.0 Å². The molecule has 5 nitrogen and oxygen atoms in total. The number of nitrogens with zero attached hydrogens (tertiary/aromatic N) is 3. The Bertz CT molecular complexity index is 950. The monoisotopic (exact) mass is 449 g/mol. The first-order valence-corrected chi connectivity index (χ1v) is 11.2. The summed E-state index contributed by atoms with van der Waals surface area (Å²) in [6.45, 7) is 7.38. The number of rotatable bonds is 10. The zero-order valence-electron chi connectivity index (χ0n) is 17.2. The van der Waals surface area contributed by atoms with Crippen molar-refractivity contribution in [3.8, 4) is 11.5 Å². The minimum absolute atomic E-state index is 0.203. The van der Waals surface area contributed by atoms with Gasteiger partial charge in [0.15, 0.2) is 28.7 Å². The van der Waals surface area contributed by atoms with Gasteiger partial charge >= 0.3 is 0 Å². The maximum atomic E-state index is 14.0. The molecule has 0 fully saturated rings. The van der Waals surface area contributed by atoms with Gasteiger partial charge in [-0.1, -0.05) is 49.3 Å². The second kappa shape index (κ2) is 10.7. The fourth-order valence-electron chi connectivity index (χ4n) is 2.85. The van der Waals surface area contributed by atoms with Crippen LogP contribution in [-0.4, -0.2) is 27.1 Å². The summed E-state index contributed by atoms with van der Waals surface area (Å²) in [7, 11) is 0. The average Bonchev–Trinajstić information content (AvgIpc) is 3.10. The maximum Gasteiger partial charge on any atom is 0.191 e. The van der Waals surface area contributed by atoms with Crippen LogP contribution in [0.3, 0.4) is 0 Å². The standard InChI is InChI=1S/C22H25ClFN3O2S/c1-15(2)14-27-21(16(3)29-20-7-5-4-6-19(20)24)25-26-22(27)30-13-12-28-18-10-8-17(23)9-11-18/h4-11,15-16H,12-14H2,1-3H3. The molecule has 0 bridgehead atoms. The van der Waals surface area contributed by atoms with Crippen molar-refractivity contribution in [2.45, 2.75) is 38.6 Å². The molecule has 3 rings (SSSR count). The molecule has 0 aliphatic heterocycles. The molecule has 160 valence electrons. The molecule has 1 unspecified atom stereocenters. The van der Waals surface area contributed by atoms with Crippen LogP contribution in [0.2, 0.25) is 5.02 Å². The summed E-state index contributed by atoms with van der Waals surface area (Å²) in [6, 6.07) is 13.6. The van der Waals surface area contributed by atoms with E-state index in [2.05, 4.69) is 24.0 Å². The summed E-state index contributed by atoms with van der Waals surface area (Å²) < 4.78 is 27.6. The normalized spacial score (nSPS) is 12.2. The minimum atomic E-state index is -0.437. The number of halogens is 2. The summed E-state index contributed by atoms with van der Waals surface area (Å²) >= 11 is 7.46. The molecule has 0 aliphatic rings. The fourth-order valence-corrected chi connectivity index (χ4v) is 3.75. The lowest BCUT2D eigenvalue weighted by Gasteiger charge is -2.18. The predicted octanol–water partition coefficient (Wildman–Crippen LogP) is 6.04. The van der Waals surface area contributed by atoms with Gasteiger partial charge in [0.25, 0.3) is 0 Å². The van der Waals surface area contributed by atoms with Gasteiger partial charge in [-0.25, -0.2) is 4.39 Å². The van der Waals surface area contributed by atoms with Crippen molar-refractivity contribution in [1.82, 2.24) is 14.8 Å². The Morgan fingerprint density at radius 1 is 1.07 bits per heavy atom. The number of thioether (sulfide) groups is 1. The second-order valence-corrected chi connectivity index (χ2v) is 8.69. The summed E-state index contributed by atoms with van der Waals surface area (Å²) in [5.74, 6) is 2.36. The molecule has 0 N–H and O–H groups in total. The number of hydrogen-bond donors (Lipinski definition) is 0. The highest BCUT2D eigenvalue weighted by atomic mass is 35.5. The molecule has 0 spiro atoms. The number of aromatic nitrogens is 3. The van der Waals surface area contributed by atoms with Crippen molar-refractivity contribution < 1.29 is 13.9 Å². The van der Waals surface area contributed by atoms with Crippen LogP contribution >= 0.6 is 23.4 Å². The lowest BCUT2D eigenvalue weighted by atomic mass is 10.2. The van der Waals surface area contributed by atoms with Gasteiger partial charge in [0.2, 0.25) is 0 Å². The highest BCUT2D eigenvalue weighted by Gasteiger charge is 2.21. The second-order valence-electron chi connectivity index (χ2n) is 7.19. The number of hydrogen-bond acceptors (Lipinski definition) is 5. The van der Waals surface area contributed by atoms with E-state index in [-0.39, 0.29) is 5.75 Å². The fraction of sp³-hybridized carbons (Fsp3) is 0.364. The number of ether oxygens (including phenoxy) is 2. The van der Waals surface area contributed by atoms with Crippen molar-refractivity contribution in [3.05, 3.63) is 65.2 Å². The topological polar surface area (TPSA) is 49.2 Å². The zero-order valence-corrected chi connectivity index (χ0v) is 18.8. The molecule has 1 aromatic heterocycles. The van der Waals surface area contributed by atoms with E-state index in [0.717, 1.165) is 17.5 Å². The van der Waals surface area contributed by atoms with Crippen LogP contribution in [0, 0.1) is 11.7 Å². The van der Waals surface area contributed by atoms with Crippen molar-refractivity contribution in [2.24, 2.45) is 5.92 Å². The van der Waals surface area contributed by atoms with E-state index in [1.54, 1.807) is 42.1 Å². The third-order valence-corrected chi connectivity index (χ3v) is 5.38. The molecule has 1 atom stereocenters. The molecule has 8 heteroatoms. The Morgan fingerprint density at radius 2 is 1.80 bits per heavy atom. The Morgan fingerprint density at radius 3 is 2.50 bits per heavy atom. The lowest BCUT2D eigenvalue weighted by molar-refractivity contribution is 0.198. The first-order chi connectivity index (χ1) is 14.4. The highest BCUT2D eigenvalue weighted by molar-refractivity contribution is 7.99. The van der Waals surface area contributed by atoms with E-state index in [9.17, 15) is 4.39 Å². The van der Waals surface area contributed by atoms with E-state index in [1.165, 1.54) is 6.07 Å². The molecule has 30 heavy (non-hydrogen) atoms. The number of para-hydroxylation sites is 1. The lowest BCUT2D eigenvalue weighted by Crippen LogP contribution is -2.16. The molecule has 0 saturated heterocycles. The molecule has 0 saturated carbocycles. The minimum Gasteiger partial charge on any atom is -0.493 e. The quantitative estimate of drug-likeness (QED) is 0.279. The Balaban J connectivity index is 1.65. The van der Waals surface area contributed by atoms with Crippen molar-refractivity contribution >= 4 is 23.4 Å². The predicted molar refractivity (Wildman–Crippen MR) is 118 cm³/mol. The molecular weight excluding hydrogens is 425 g/mol. The highest BCUT2D eigenvalue weighted by Crippen LogP contribution is 2.27. The first kappa shape index (κ1) is 22.4. The Labute approximate surface area is 185 Å². The van der Waals surface area contributed by atoms with Crippen LogP contribution in [0.4, 0.5) is 4.39 Å². The van der Waals surface area contributed by atoms with Gasteiger partial charge in [-0.05, 0) is 49.2 Å². The molecule has 0 radical (unpaired) electrons. The first-order valence-electron chi connectivity index (χ1n) is 9.79. The van der Waals surface area contributed by atoms with Gasteiger partial charge in [0, 0.05) is 17.3 Å². The SMILES string of the molecule is CC(C)Cn1c(SCCOc2ccc(Cl)cc2)nnc1C(C)Oc1ccccc1F. The van der Waals surface area contributed by atoms with Gasteiger partial charge in [0.1, 0.15) is 5.75 Å². The number of benzene rings is 2. The van der Waals surface area contributed by atoms with Crippen molar-refractivity contribution in [2.75, 3.05) is 12.4 Å². The molecule has 1 heterocycles. The van der Waals surface area contributed by atoms with E-state index >= 15 is 0 Å². The van der Waals surface area contributed by atoms with Crippen molar-refractivity contribution in [1.29, 1.82) is 0 Å².